The third-order valence-electron chi connectivity index (χ3n) is 3.35. The minimum Gasteiger partial charge on any atom is -0.376 e. The minimum atomic E-state index is -0.141. The van der Waals surface area contributed by atoms with Crippen molar-refractivity contribution in [1.82, 2.24) is 20.8 Å². The zero-order chi connectivity index (χ0) is 16.0. The number of ether oxygens (including phenoxy) is 1. The summed E-state index contributed by atoms with van der Waals surface area (Å²) in [6.45, 7) is 11.0. The van der Waals surface area contributed by atoms with Crippen LogP contribution in [0.3, 0.4) is 0 Å². The van der Waals surface area contributed by atoms with Crippen molar-refractivity contribution in [2.75, 3.05) is 19.7 Å². The highest BCUT2D eigenvalue weighted by atomic mass is 127. The summed E-state index contributed by atoms with van der Waals surface area (Å²) in [7, 11) is 0. The van der Waals surface area contributed by atoms with Gasteiger partial charge in [0.15, 0.2) is 11.8 Å². The molecule has 1 unspecified atom stereocenters. The first kappa shape index (κ1) is 20.1. The van der Waals surface area contributed by atoms with Crippen molar-refractivity contribution < 1.29 is 9.26 Å². The van der Waals surface area contributed by atoms with Gasteiger partial charge in [-0.25, -0.2) is 4.99 Å². The summed E-state index contributed by atoms with van der Waals surface area (Å²) in [6.07, 6.45) is 2.52. The van der Waals surface area contributed by atoms with Gasteiger partial charge >= 0.3 is 0 Å². The van der Waals surface area contributed by atoms with Crippen LogP contribution in [0.15, 0.2) is 9.52 Å². The predicted octanol–water partition coefficient (Wildman–Crippen LogP) is 2.22. The lowest BCUT2D eigenvalue weighted by Gasteiger charge is -2.14. The predicted molar refractivity (Wildman–Crippen MR) is 100 cm³/mol. The molecule has 1 saturated heterocycles. The Kier molecular flexibility index (Phi) is 8.24. The van der Waals surface area contributed by atoms with Crippen LogP contribution in [0.5, 0.6) is 0 Å². The lowest BCUT2D eigenvalue weighted by molar-refractivity contribution is 0.114. The molecule has 1 aromatic heterocycles. The van der Waals surface area contributed by atoms with Crippen molar-refractivity contribution >= 4 is 29.9 Å². The molecule has 0 aliphatic carbocycles. The molecule has 1 atom stereocenters. The SMILES string of the molecule is CCNC(=NCc1noc(C(C)(C)C)n1)NCC1CCCO1.I. The van der Waals surface area contributed by atoms with E-state index in [2.05, 4.69) is 25.8 Å². The monoisotopic (exact) mass is 437 g/mol. The zero-order valence-corrected chi connectivity index (χ0v) is 16.7. The minimum absolute atomic E-state index is 0. The van der Waals surface area contributed by atoms with Gasteiger partial charge in [-0.2, -0.15) is 4.98 Å². The van der Waals surface area contributed by atoms with E-state index in [1.54, 1.807) is 0 Å². The van der Waals surface area contributed by atoms with Crippen molar-refractivity contribution in [2.24, 2.45) is 4.99 Å². The van der Waals surface area contributed by atoms with Crippen molar-refractivity contribution in [1.29, 1.82) is 0 Å². The average molecular weight is 437 g/mol. The van der Waals surface area contributed by atoms with Crippen LogP contribution in [-0.2, 0) is 16.7 Å². The molecule has 2 rings (SSSR count). The van der Waals surface area contributed by atoms with Crippen LogP contribution < -0.4 is 10.6 Å². The summed E-state index contributed by atoms with van der Waals surface area (Å²) in [5.41, 5.74) is -0.141. The molecular formula is C15H28IN5O2. The largest absolute Gasteiger partial charge is 0.376 e. The third kappa shape index (κ3) is 6.62. The average Bonchev–Trinajstić information content (AvgIpc) is 3.12. The molecule has 23 heavy (non-hydrogen) atoms. The molecule has 1 aromatic rings. The highest BCUT2D eigenvalue weighted by molar-refractivity contribution is 14.0. The lowest BCUT2D eigenvalue weighted by Crippen LogP contribution is -2.41. The number of nitrogens with zero attached hydrogens (tertiary/aromatic N) is 3. The molecule has 132 valence electrons. The number of hydrogen-bond acceptors (Lipinski definition) is 5. The van der Waals surface area contributed by atoms with Crippen LogP contribution in [0.4, 0.5) is 0 Å². The van der Waals surface area contributed by atoms with Gasteiger partial charge in [0.2, 0.25) is 5.89 Å². The highest BCUT2D eigenvalue weighted by Crippen LogP contribution is 2.19. The van der Waals surface area contributed by atoms with Crippen LogP contribution in [0.25, 0.3) is 0 Å². The smallest absolute Gasteiger partial charge is 0.232 e. The Morgan fingerprint density at radius 1 is 1.35 bits per heavy atom. The van der Waals surface area contributed by atoms with E-state index in [1.807, 2.05) is 27.7 Å². The molecule has 0 bridgehead atoms. The number of aliphatic imine (C=N–C) groups is 1. The number of rotatable bonds is 5. The van der Waals surface area contributed by atoms with E-state index in [-0.39, 0.29) is 35.5 Å². The Balaban J connectivity index is 0.00000264. The number of hydrogen-bond donors (Lipinski definition) is 2. The lowest BCUT2D eigenvalue weighted by atomic mass is 9.97. The molecule has 1 aliphatic heterocycles. The fraction of sp³-hybridized carbons (Fsp3) is 0.800. The van der Waals surface area contributed by atoms with Gasteiger partial charge in [0, 0.05) is 25.1 Å². The van der Waals surface area contributed by atoms with Crippen molar-refractivity contribution in [3.63, 3.8) is 0 Å². The van der Waals surface area contributed by atoms with E-state index >= 15 is 0 Å². The Hall–Kier alpha value is -0.900. The van der Waals surface area contributed by atoms with Gasteiger partial charge in [-0.05, 0) is 19.8 Å². The Labute approximate surface area is 155 Å². The molecule has 7 nitrogen and oxygen atoms in total. The van der Waals surface area contributed by atoms with Crippen LogP contribution in [0.1, 0.15) is 52.3 Å². The Morgan fingerprint density at radius 3 is 2.70 bits per heavy atom. The van der Waals surface area contributed by atoms with Gasteiger partial charge in [-0.3, -0.25) is 0 Å². The maximum atomic E-state index is 5.60. The van der Waals surface area contributed by atoms with Crippen molar-refractivity contribution in [3.8, 4) is 0 Å². The van der Waals surface area contributed by atoms with Crippen molar-refractivity contribution in [2.45, 2.75) is 58.6 Å². The van der Waals surface area contributed by atoms with E-state index in [4.69, 9.17) is 9.26 Å². The summed E-state index contributed by atoms with van der Waals surface area (Å²) in [5.74, 6) is 1.98. The molecule has 0 radical (unpaired) electrons. The molecule has 0 saturated carbocycles. The van der Waals surface area contributed by atoms with Gasteiger partial charge in [-0.15, -0.1) is 24.0 Å². The summed E-state index contributed by atoms with van der Waals surface area (Å²) >= 11 is 0. The highest BCUT2D eigenvalue weighted by Gasteiger charge is 2.21. The second-order valence-electron chi connectivity index (χ2n) is 6.48. The number of aromatic nitrogens is 2. The van der Waals surface area contributed by atoms with Gasteiger partial charge in [0.05, 0.1) is 6.10 Å². The molecule has 0 amide bonds. The summed E-state index contributed by atoms with van der Waals surface area (Å²) < 4.78 is 10.9. The first-order valence-electron chi connectivity index (χ1n) is 7.96. The number of guanidine groups is 1. The van der Waals surface area contributed by atoms with Gasteiger partial charge < -0.3 is 19.9 Å². The fourth-order valence-electron chi connectivity index (χ4n) is 2.13. The summed E-state index contributed by atoms with van der Waals surface area (Å²) in [4.78, 5) is 8.88. The fourth-order valence-corrected chi connectivity index (χ4v) is 2.13. The maximum absolute atomic E-state index is 5.60. The molecule has 1 aliphatic rings. The summed E-state index contributed by atoms with van der Waals surface area (Å²) in [6, 6.07) is 0. The second-order valence-corrected chi connectivity index (χ2v) is 6.48. The maximum Gasteiger partial charge on any atom is 0.232 e. The normalized spacial score (nSPS) is 18.6. The number of halogens is 1. The number of nitrogens with one attached hydrogen (secondary N) is 2. The first-order chi connectivity index (χ1) is 10.5. The first-order valence-corrected chi connectivity index (χ1v) is 7.96. The van der Waals surface area contributed by atoms with Gasteiger partial charge in [0.1, 0.15) is 6.54 Å². The van der Waals surface area contributed by atoms with E-state index < -0.39 is 0 Å². The third-order valence-corrected chi connectivity index (χ3v) is 3.35. The topological polar surface area (TPSA) is 84.6 Å². The second kappa shape index (κ2) is 9.41. The molecule has 2 N–H and O–H groups in total. The standard InChI is InChI=1S/C15H27N5O2.HI/c1-5-16-14(17-9-11-7-6-8-21-11)18-10-12-19-13(22-20-12)15(2,3)4;/h11H,5-10H2,1-4H3,(H2,16,17,18);1H. The Bertz CT molecular complexity index is 492. The van der Waals surface area contributed by atoms with Crippen LogP contribution >= 0.6 is 24.0 Å². The van der Waals surface area contributed by atoms with Gasteiger partial charge in [0.25, 0.3) is 0 Å². The van der Waals surface area contributed by atoms with Crippen molar-refractivity contribution in [3.05, 3.63) is 11.7 Å². The molecule has 0 spiro atoms. The molecule has 8 heteroatoms. The molecular weight excluding hydrogens is 409 g/mol. The van der Waals surface area contributed by atoms with Crippen LogP contribution in [0.2, 0.25) is 0 Å². The zero-order valence-electron chi connectivity index (χ0n) is 14.4. The van der Waals surface area contributed by atoms with E-state index in [9.17, 15) is 0 Å². The van der Waals surface area contributed by atoms with E-state index in [1.165, 1.54) is 0 Å². The van der Waals surface area contributed by atoms with Gasteiger partial charge in [-0.1, -0.05) is 25.9 Å². The summed E-state index contributed by atoms with van der Waals surface area (Å²) in [5, 5.41) is 10.5. The van der Waals surface area contributed by atoms with E-state index in [0.717, 1.165) is 38.5 Å². The van der Waals surface area contributed by atoms with Crippen LogP contribution in [0, 0.1) is 0 Å². The molecule has 1 fully saturated rings. The Morgan fingerprint density at radius 2 is 2.13 bits per heavy atom. The van der Waals surface area contributed by atoms with E-state index in [0.29, 0.717) is 18.3 Å². The molecule has 2 heterocycles. The molecule has 0 aromatic carbocycles. The quantitative estimate of drug-likeness (QED) is 0.418. The van der Waals surface area contributed by atoms with Crippen LogP contribution in [-0.4, -0.2) is 41.9 Å².